The first-order valence-corrected chi connectivity index (χ1v) is 11.4. The molecule has 1 saturated heterocycles. The minimum Gasteiger partial charge on any atom is -0.497 e. The monoisotopic (exact) mass is 465 g/mol. The Labute approximate surface area is 197 Å². The Morgan fingerprint density at radius 1 is 0.941 bits per heavy atom. The molecule has 3 nitrogen and oxygen atoms in total. The predicted molar refractivity (Wildman–Crippen MR) is 127 cm³/mol. The van der Waals surface area contributed by atoms with Crippen LogP contribution in [0.5, 0.6) is 5.75 Å². The molecule has 6 heteroatoms. The van der Waals surface area contributed by atoms with E-state index in [1.165, 1.54) is 17.7 Å². The van der Waals surface area contributed by atoms with Gasteiger partial charge in [0.05, 0.1) is 25.9 Å². The molecular weight excluding hydrogens is 439 g/mol. The zero-order valence-electron chi connectivity index (χ0n) is 18.9. The van der Waals surface area contributed by atoms with Crippen molar-refractivity contribution >= 4 is 11.3 Å². The fourth-order valence-corrected chi connectivity index (χ4v) is 4.79. The van der Waals surface area contributed by atoms with E-state index in [2.05, 4.69) is 29.2 Å². The molecule has 1 unspecified atom stereocenters. The Hall–Kier alpha value is -3.25. The first-order valence-electron chi connectivity index (χ1n) is 11.4. The molecule has 1 aliphatic heterocycles. The van der Waals surface area contributed by atoms with Crippen molar-refractivity contribution in [1.29, 1.82) is 0 Å². The van der Waals surface area contributed by atoms with Crippen LogP contribution in [0.1, 0.15) is 33.7 Å². The Kier molecular flexibility index (Phi) is 6.09. The minimum absolute atomic E-state index is 0.0316. The molecule has 0 bridgehead atoms. The van der Waals surface area contributed by atoms with E-state index in [0.29, 0.717) is 13.2 Å². The zero-order valence-corrected chi connectivity index (χ0v) is 18.9. The molecule has 0 radical (unpaired) electrons. The smallest absolute Gasteiger partial charge is 0.416 e. The van der Waals surface area contributed by atoms with Gasteiger partial charge in [0, 0.05) is 24.7 Å². The van der Waals surface area contributed by atoms with Gasteiger partial charge in [0.2, 0.25) is 0 Å². The van der Waals surface area contributed by atoms with Crippen molar-refractivity contribution in [1.82, 2.24) is 0 Å². The fourth-order valence-electron chi connectivity index (χ4n) is 4.79. The molecule has 3 aromatic carbocycles. The first-order chi connectivity index (χ1) is 16.4. The number of allylic oxidation sites excluding steroid dienone is 1. The van der Waals surface area contributed by atoms with Crippen LogP contribution in [0, 0.1) is 0 Å². The van der Waals surface area contributed by atoms with Crippen molar-refractivity contribution in [2.75, 3.05) is 38.3 Å². The largest absolute Gasteiger partial charge is 0.497 e. The summed E-state index contributed by atoms with van der Waals surface area (Å²) in [5.41, 5.74) is 5.83. The number of nitrogens with zero attached hydrogens (tertiary/aromatic N) is 1. The molecule has 0 aromatic heterocycles. The van der Waals surface area contributed by atoms with Crippen molar-refractivity contribution in [2.24, 2.45) is 0 Å². The van der Waals surface area contributed by atoms with Crippen LogP contribution in [0.2, 0.25) is 0 Å². The Morgan fingerprint density at radius 2 is 1.71 bits per heavy atom. The molecular formula is C28H26F3NO2. The molecule has 1 aliphatic carbocycles. The summed E-state index contributed by atoms with van der Waals surface area (Å²) in [7, 11) is 1.64. The highest BCUT2D eigenvalue weighted by Crippen LogP contribution is 2.41. The number of anilines is 1. The second-order valence-corrected chi connectivity index (χ2v) is 8.68. The highest BCUT2D eigenvalue weighted by molar-refractivity contribution is 5.85. The van der Waals surface area contributed by atoms with E-state index in [4.69, 9.17) is 9.47 Å². The van der Waals surface area contributed by atoms with Crippen LogP contribution in [0.4, 0.5) is 18.9 Å². The number of fused-ring (bicyclic) bond motifs is 1. The van der Waals surface area contributed by atoms with Crippen LogP contribution in [0.15, 0.2) is 72.8 Å². The van der Waals surface area contributed by atoms with Gasteiger partial charge in [-0.05, 0) is 70.6 Å². The van der Waals surface area contributed by atoms with Gasteiger partial charge in [-0.15, -0.1) is 0 Å². The number of methoxy groups -OCH3 is 1. The van der Waals surface area contributed by atoms with Crippen LogP contribution in [0.25, 0.3) is 5.57 Å². The summed E-state index contributed by atoms with van der Waals surface area (Å²) >= 11 is 0. The lowest BCUT2D eigenvalue weighted by Crippen LogP contribution is -2.36. The molecule has 2 aliphatic rings. The van der Waals surface area contributed by atoms with Gasteiger partial charge >= 0.3 is 6.18 Å². The molecule has 5 rings (SSSR count). The average Bonchev–Trinajstić information content (AvgIpc) is 2.88. The number of hydrogen-bond donors (Lipinski definition) is 0. The normalized spacial score (nSPS) is 18.3. The van der Waals surface area contributed by atoms with Crippen LogP contribution in [0.3, 0.4) is 0 Å². The number of alkyl halides is 3. The SMILES string of the molecule is COc1cccc(C2=CC(c3ccc(C(F)(F)F)cc3)Cc3cc(N4CCOCC4)ccc32)c1. The summed E-state index contributed by atoms with van der Waals surface area (Å²) in [6.07, 6.45) is -1.44. The van der Waals surface area contributed by atoms with E-state index >= 15 is 0 Å². The minimum atomic E-state index is -4.34. The molecule has 3 aromatic rings. The maximum atomic E-state index is 13.1. The molecule has 176 valence electrons. The number of rotatable bonds is 4. The maximum absolute atomic E-state index is 13.1. The fraction of sp³-hybridized carbons (Fsp3) is 0.286. The van der Waals surface area contributed by atoms with Gasteiger partial charge in [0.1, 0.15) is 5.75 Å². The molecule has 34 heavy (non-hydrogen) atoms. The highest BCUT2D eigenvalue weighted by atomic mass is 19.4. The Morgan fingerprint density at radius 3 is 2.41 bits per heavy atom. The number of morpholine rings is 1. The van der Waals surface area contributed by atoms with Crippen molar-refractivity contribution in [3.63, 3.8) is 0 Å². The summed E-state index contributed by atoms with van der Waals surface area (Å²) in [4.78, 5) is 2.32. The Balaban J connectivity index is 1.56. The number of benzene rings is 3. The topological polar surface area (TPSA) is 21.7 Å². The van der Waals surface area contributed by atoms with Crippen molar-refractivity contribution in [3.05, 3.63) is 101 Å². The summed E-state index contributed by atoms with van der Waals surface area (Å²) in [5, 5.41) is 0. The van der Waals surface area contributed by atoms with Gasteiger partial charge in [-0.25, -0.2) is 0 Å². The zero-order chi connectivity index (χ0) is 23.7. The van der Waals surface area contributed by atoms with Gasteiger partial charge in [0.25, 0.3) is 0 Å². The number of ether oxygens (including phenoxy) is 2. The molecule has 1 atom stereocenters. The summed E-state index contributed by atoms with van der Waals surface area (Å²) in [6.45, 7) is 3.11. The highest BCUT2D eigenvalue weighted by Gasteiger charge is 2.31. The molecule has 0 spiro atoms. The average molecular weight is 466 g/mol. The first kappa shape index (κ1) is 22.5. The van der Waals surface area contributed by atoms with E-state index in [1.807, 2.05) is 24.3 Å². The Bertz CT molecular complexity index is 1200. The van der Waals surface area contributed by atoms with Crippen molar-refractivity contribution in [3.8, 4) is 5.75 Å². The lowest BCUT2D eigenvalue weighted by atomic mass is 9.79. The summed E-state index contributed by atoms with van der Waals surface area (Å²) in [5.74, 6) is 0.734. The lowest BCUT2D eigenvalue weighted by molar-refractivity contribution is -0.137. The van der Waals surface area contributed by atoms with E-state index in [0.717, 1.165) is 53.2 Å². The summed E-state index contributed by atoms with van der Waals surface area (Å²) in [6, 6.07) is 20.0. The van der Waals surface area contributed by atoms with Crippen molar-refractivity contribution < 1.29 is 22.6 Å². The molecule has 0 amide bonds. The quantitative estimate of drug-likeness (QED) is 0.450. The van der Waals surface area contributed by atoms with Gasteiger partial charge in [0.15, 0.2) is 0 Å². The predicted octanol–water partition coefficient (Wildman–Crippen LogP) is 6.32. The third kappa shape index (κ3) is 4.55. The van der Waals surface area contributed by atoms with Crippen LogP contribution >= 0.6 is 0 Å². The van der Waals surface area contributed by atoms with Gasteiger partial charge in [-0.3, -0.25) is 0 Å². The van der Waals surface area contributed by atoms with E-state index in [-0.39, 0.29) is 5.92 Å². The second kappa shape index (κ2) is 9.18. The van der Waals surface area contributed by atoms with Crippen LogP contribution in [-0.2, 0) is 17.3 Å². The van der Waals surface area contributed by atoms with Crippen molar-refractivity contribution in [2.45, 2.75) is 18.5 Å². The molecule has 0 N–H and O–H groups in total. The number of halogens is 3. The van der Waals surface area contributed by atoms with E-state index in [9.17, 15) is 13.2 Å². The molecule has 0 saturated carbocycles. The standard InChI is InChI=1S/C28H26F3NO2/c1-33-25-4-2-3-20(17-25)27-18-21(19-5-7-23(8-6-19)28(29,30)31)15-22-16-24(9-10-26(22)27)32-11-13-34-14-12-32/h2-10,16-18,21H,11-15H2,1H3. The number of hydrogen-bond acceptors (Lipinski definition) is 3. The van der Waals surface area contributed by atoms with E-state index in [1.54, 1.807) is 19.2 Å². The summed E-state index contributed by atoms with van der Waals surface area (Å²) < 4.78 is 50.2. The van der Waals surface area contributed by atoms with Gasteiger partial charge in [-0.1, -0.05) is 36.4 Å². The third-order valence-electron chi connectivity index (χ3n) is 6.61. The lowest BCUT2D eigenvalue weighted by Gasteiger charge is -2.31. The van der Waals surface area contributed by atoms with Crippen LogP contribution in [-0.4, -0.2) is 33.4 Å². The van der Waals surface area contributed by atoms with Gasteiger partial charge < -0.3 is 14.4 Å². The van der Waals surface area contributed by atoms with Gasteiger partial charge in [-0.2, -0.15) is 13.2 Å². The molecule has 1 heterocycles. The molecule has 1 fully saturated rings. The second-order valence-electron chi connectivity index (χ2n) is 8.68. The third-order valence-corrected chi connectivity index (χ3v) is 6.61. The maximum Gasteiger partial charge on any atom is 0.416 e. The van der Waals surface area contributed by atoms with Crippen LogP contribution < -0.4 is 9.64 Å². The van der Waals surface area contributed by atoms with E-state index < -0.39 is 11.7 Å².